The maximum absolute atomic E-state index is 13.0. The number of hydrogen-bond acceptors (Lipinski definition) is 4. The second-order valence-electron chi connectivity index (χ2n) is 6.82. The molecule has 6 nitrogen and oxygen atoms in total. The monoisotopic (exact) mass is 464 g/mol. The van der Waals surface area contributed by atoms with Crippen molar-refractivity contribution in [3.8, 4) is 16.9 Å². The summed E-state index contributed by atoms with van der Waals surface area (Å²) < 4.78 is 27.2. The fourth-order valence-electron chi connectivity index (χ4n) is 3.16. The third kappa shape index (κ3) is 5.27. The van der Waals surface area contributed by atoms with Gasteiger partial charge in [0.25, 0.3) is 17.6 Å². The van der Waals surface area contributed by atoms with Crippen molar-refractivity contribution in [2.24, 2.45) is 0 Å². The zero-order chi connectivity index (χ0) is 23.2. The predicted octanol–water partition coefficient (Wildman–Crippen LogP) is 4.93. The zero-order valence-electron chi connectivity index (χ0n) is 17.1. The van der Waals surface area contributed by atoms with Crippen LogP contribution in [-0.4, -0.2) is 27.4 Å². The Kier molecular flexibility index (Phi) is 6.80. The number of carbonyl (C=O) groups is 2. The largest absolute Gasteiger partial charge is 0.288 e. The highest BCUT2D eigenvalue weighted by Gasteiger charge is 2.20. The zero-order valence-corrected chi connectivity index (χ0v) is 17.9. The summed E-state index contributed by atoms with van der Waals surface area (Å²) in [6.45, 7) is 0. The number of thioether (sulfide) groups is 1. The van der Waals surface area contributed by atoms with E-state index in [1.54, 1.807) is 23.0 Å². The Hall–Kier alpha value is -3.98. The summed E-state index contributed by atoms with van der Waals surface area (Å²) in [5, 5.41) is 4.56. The van der Waals surface area contributed by atoms with Gasteiger partial charge < -0.3 is 0 Å². The van der Waals surface area contributed by atoms with Gasteiger partial charge in [-0.25, -0.2) is 4.68 Å². The van der Waals surface area contributed by atoms with Crippen LogP contribution >= 0.6 is 11.8 Å². The SMILES string of the molecule is O=C(NNC(=O)c1cn(-c2ccccc2)nc1-c1ccccc1)c1ccccc1SC(F)F. The first kappa shape index (κ1) is 22.2. The van der Waals surface area contributed by atoms with Crippen molar-refractivity contribution >= 4 is 23.6 Å². The van der Waals surface area contributed by atoms with Crippen LogP contribution in [-0.2, 0) is 0 Å². The predicted molar refractivity (Wildman–Crippen MR) is 122 cm³/mol. The first-order chi connectivity index (χ1) is 16.0. The van der Waals surface area contributed by atoms with Gasteiger partial charge in [0.05, 0.1) is 16.8 Å². The van der Waals surface area contributed by atoms with Crippen LogP contribution in [0.4, 0.5) is 8.78 Å². The Morgan fingerprint density at radius 3 is 2.03 bits per heavy atom. The molecule has 4 rings (SSSR count). The van der Waals surface area contributed by atoms with Gasteiger partial charge in [-0.05, 0) is 24.3 Å². The fourth-order valence-corrected chi connectivity index (χ4v) is 3.80. The lowest BCUT2D eigenvalue weighted by Gasteiger charge is -2.10. The van der Waals surface area contributed by atoms with Crippen molar-refractivity contribution < 1.29 is 18.4 Å². The number of nitrogens with zero attached hydrogens (tertiary/aromatic N) is 2. The highest BCUT2D eigenvalue weighted by atomic mass is 32.2. The summed E-state index contributed by atoms with van der Waals surface area (Å²) in [4.78, 5) is 25.6. The average molecular weight is 464 g/mol. The van der Waals surface area contributed by atoms with Crippen LogP contribution in [0.15, 0.2) is 96.0 Å². The number of hydrazine groups is 1. The standard InChI is InChI=1S/C24H18F2N4O2S/c25-24(26)33-20-14-8-7-13-18(20)22(31)27-28-23(32)19-15-30(17-11-5-2-6-12-17)29-21(19)16-9-3-1-4-10-16/h1-15,24H,(H,27,31)(H,28,32). The van der Waals surface area contributed by atoms with Gasteiger partial charge in [0, 0.05) is 16.7 Å². The van der Waals surface area contributed by atoms with Gasteiger partial charge >= 0.3 is 0 Å². The average Bonchev–Trinajstić information content (AvgIpc) is 3.29. The number of benzene rings is 3. The third-order valence-corrected chi connectivity index (χ3v) is 5.45. The molecule has 0 aliphatic carbocycles. The van der Waals surface area contributed by atoms with Gasteiger partial charge in [0.15, 0.2) is 0 Å². The quantitative estimate of drug-likeness (QED) is 0.313. The van der Waals surface area contributed by atoms with Crippen molar-refractivity contribution in [3.63, 3.8) is 0 Å². The van der Waals surface area contributed by atoms with Crippen LogP contribution in [0.25, 0.3) is 16.9 Å². The number of para-hydroxylation sites is 1. The lowest BCUT2D eigenvalue weighted by molar-refractivity contribution is 0.0845. The molecule has 0 saturated heterocycles. The first-order valence-corrected chi connectivity index (χ1v) is 10.8. The second-order valence-corrected chi connectivity index (χ2v) is 7.85. The van der Waals surface area contributed by atoms with Crippen LogP contribution < -0.4 is 10.9 Å². The number of carbonyl (C=O) groups excluding carboxylic acids is 2. The summed E-state index contributed by atoms with van der Waals surface area (Å²) in [5.41, 5.74) is 6.85. The van der Waals surface area contributed by atoms with E-state index in [-0.39, 0.29) is 27.8 Å². The minimum Gasteiger partial charge on any atom is -0.267 e. The Balaban J connectivity index is 1.58. The van der Waals surface area contributed by atoms with E-state index in [2.05, 4.69) is 16.0 Å². The molecule has 3 aromatic carbocycles. The highest BCUT2D eigenvalue weighted by Crippen LogP contribution is 2.28. The van der Waals surface area contributed by atoms with E-state index in [1.165, 1.54) is 12.1 Å². The second kappa shape index (κ2) is 10.1. The topological polar surface area (TPSA) is 76.0 Å². The van der Waals surface area contributed by atoms with Crippen molar-refractivity contribution in [2.75, 3.05) is 0 Å². The molecule has 9 heteroatoms. The van der Waals surface area contributed by atoms with E-state index < -0.39 is 17.6 Å². The van der Waals surface area contributed by atoms with Crippen LogP contribution in [0.2, 0.25) is 0 Å². The Bertz CT molecular complexity index is 1260. The number of rotatable bonds is 6. The maximum Gasteiger partial charge on any atom is 0.288 e. The minimum atomic E-state index is -2.68. The maximum atomic E-state index is 13.0. The molecule has 0 unspecified atom stereocenters. The van der Waals surface area contributed by atoms with Crippen molar-refractivity contribution in [1.82, 2.24) is 20.6 Å². The van der Waals surface area contributed by atoms with Crippen molar-refractivity contribution in [1.29, 1.82) is 0 Å². The van der Waals surface area contributed by atoms with Gasteiger partial charge in [-0.15, -0.1) is 0 Å². The molecule has 33 heavy (non-hydrogen) atoms. The molecular weight excluding hydrogens is 446 g/mol. The molecule has 0 aliphatic rings. The highest BCUT2D eigenvalue weighted by molar-refractivity contribution is 7.99. The van der Waals surface area contributed by atoms with Crippen LogP contribution in [0.1, 0.15) is 20.7 Å². The number of hydrogen-bond donors (Lipinski definition) is 2. The van der Waals surface area contributed by atoms with E-state index in [9.17, 15) is 18.4 Å². The lowest BCUT2D eigenvalue weighted by Crippen LogP contribution is -2.41. The molecule has 1 aromatic heterocycles. The summed E-state index contributed by atoms with van der Waals surface area (Å²) in [6, 6.07) is 24.4. The van der Waals surface area contributed by atoms with Crippen molar-refractivity contribution in [2.45, 2.75) is 10.7 Å². The van der Waals surface area contributed by atoms with E-state index >= 15 is 0 Å². The molecule has 0 spiro atoms. The molecule has 0 saturated carbocycles. The summed E-state index contributed by atoms with van der Waals surface area (Å²) >= 11 is 0.264. The van der Waals surface area contributed by atoms with E-state index in [0.717, 1.165) is 11.3 Å². The fraction of sp³-hybridized carbons (Fsp3) is 0.0417. The molecule has 0 aliphatic heterocycles. The van der Waals surface area contributed by atoms with E-state index in [0.29, 0.717) is 5.69 Å². The Labute approximate surface area is 192 Å². The molecule has 0 fully saturated rings. The lowest BCUT2D eigenvalue weighted by atomic mass is 10.1. The summed E-state index contributed by atoms with van der Waals surface area (Å²) in [7, 11) is 0. The van der Waals surface area contributed by atoms with Crippen molar-refractivity contribution in [3.05, 3.63) is 102 Å². The van der Waals surface area contributed by atoms with E-state index in [4.69, 9.17) is 0 Å². The molecular formula is C24H18F2N4O2S. The molecule has 2 amide bonds. The smallest absolute Gasteiger partial charge is 0.267 e. The Morgan fingerprint density at radius 2 is 1.36 bits per heavy atom. The summed E-state index contributed by atoms with van der Waals surface area (Å²) in [5.74, 6) is -3.97. The molecule has 2 N–H and O–H groups in total. The van der Waals surface area contributed by atoms with E-state index in [1.807, 2.05) is 60.7 Å². The summed E-state index contributed by atoms with van der Waals surface area (Å²) in [6.07, 6.45) is 1.57. The Morgan fingerprint density at radius 1 is 0.788 bits per heavy atom. The van der Waals surface area contributed by atoms with Gasteiger partial charge in [0.1, 0.15) is 5.69 Å². The molecule has 4 aromatic rings. The molecule has 0 atom stereocenters. The number of amides is 2. The minimum absolute atomic E-state index is 0.0337. The molecule has 0 bridgehead atoms. The molecule has 0 radical (unpaired) electrons. The van der Waals surface area contributed by atoms with Gasteiger partial charge in [-0.2, -0.15) is 13.9 Å². The van der Waals surface area contributed by atoms with Crippen LogP contribution in [0.3, 0.4) is 0 Å². The third-order valence-electron chi connectivity index (χ3n) is 4.66. The number of aromatic nitrogens is 2. The van der Waals surface area contributed by atoms with Crippen LogP contribution in [0, 0.1) is 0 Å². The molecule has 1 heterocycles. The van der Waals surface area contributed by atoms with Gasteiger partial charge in [-0.1, -0.05) is 72.4 Å². The first-order valence-electron chi connectivity index (χ1n) is 9.88. The number of nitrogens with one attached hydrogen (secondary N) is 2. The normalized spacial score (nSPS) is 10.8. The van der Waals surface area contributed by atoms with Crippen LogP contribution in [0.5, 0.6) is 0 Å². The van der Waals surface area contributed by atoms with Gasteiger partial charge in [-0.3, -0.25) is 20.4 Å². The van der Waals surface area contributed by atoms with Gasteiger partial charge in [0.2, 0.25) is 0 Å². The number of alkyl halides is 2. The molecule has 166 valence electrons. The number of halogens is 2.